The number of aliphatic hydroxyl groups is 2. The lowest BCUT2D eigenvalue weighted by atomic mass is 10.1. The zero-order valence-electron chi connectivity index (χ0n) is 10.3. The number of hydrogen-bond donors (Lipinski definition) is 2. The second kappa shape index (κ2) is 6.98. The summed E-state index contributed by atoms with van der Waals surface area (Å²) < 4.78 is 0. The topological polar surface area (TPSA) is 68.4 Å². The van der Waals surface area contributed by atoms with Crippen LogP contribution in [0, 0.1) is 0 Å². The molecule has 0 fully saturated rings. The molecule has 0 aliphatic rings. The number of nitrogens with zero attached hydrogens (tertiary/aromatic N) is 3. The molecule has 2 N–H and O–H groups in total. The van der Waals surface area contributed by atoms with E-state index < -0.39 is 0 Å². The van der Waals surface area contributed by atoms with Crippen molar-refractivity contribution in [2.45, 2.75) is 27.1 Å². The lowest BCUT2D eigenvalue weighted by Crippen LogP contribution is -2.14. The van der Waals surface area contributed by atoms with Gasteiger partial charge in [0.15, 0.2) is 0 Å². The maximum atomic E-state index is 9.22. The smallest absolute Gasteiger partial charge is 0.0929 e. The van der Waals surface area contributed by atoms with E-state index in [0.717, 1.165) is 18.7 Å². The fourth-order valence-corrected chi connectivity index (χ4v) is 1.42. The normalized spacial score (nSPS) is 11.1. The molecule has 0 unspecified atom stereocenters. The fraction of sp³-hybridized carbons (Fsp3) is 0.500. The van der Waals surface area contributed by atoms with Crippen LogP contribution in [0.1, 0.15) is 25.0 Å². The minimum absolute atomic E-state index is 0.0412. The molecular formula is C12H19N3O2. The highest BCUT2D eigenvalue weighted by Crippen LogP contribution is 2.21. The lowest BCUT2D eigenvalue weighted by Gasteiger charge is -2.12. The quantitative estimate of drug-likeness (QED) is 0.587. The molecule has 5 nitrogen and oxygen atoms in total. The molecule has 0 aliphatic heterocycles. The molecular weight excluding hydrogens is 218 g/mol. The second-order valence-corrected chi connectivity index (χ2v) is 3.61. The van der Waals surface area contributed by atoms with E-state index in [-0.39, 0.29) is 13.2 Å². The summed E-state index contributed by atoms with van der Waals surface area (Å²) >= 11 is 0. The van der Waals surface area contributed by atoms with Gasteiger partial charge in [-0.25, -0.2) is 0 Å². The van der Waals surface area contributed by atoms with Crippen LogP contribution in [-0.2, 0) is 13.2 Å². The van der Waals surface area contributed by atoms with Gasteiger partial charge in [0, 0.05) is 18.7 Å². The third-order valence-electron chi connectivity index (χ3n) is 2.51. The Morgan fingerprint density at radius 3 is 2.35 bits per heavy atom. The van der Waals surface area contributed by atoms with Gasteiger partial charge >= 0.3 is 0 Å². The SMILES string of the molecule is CCN(CC)N=Nc1ccc(CO)cc1CO. The summed E-state index contributed by atoms with van der Waals surface area (Å²) in [7, 11) is 0. The first-order valence-corrected chi connectivity index (χ1v) is 5.75. The number of aliphatic hydroxyl groups excluding tert-OH is 2. The van der Waals surface area contributed by atoms with Crippen molar-refractivity contribution in [3.63, 3.8) is 0 Å². The van der Waals surface area contributed by atoms with Gasteiger partial charge in [-0.3, -0.25) is 5.01 Å². The molecule has 0 radical (unpaired) electrons. The predicted octanol–water partition coefficient (Wildman–Crippen LogP) is 2.01. The number of benzene rings is 1. The molecule has 5 heteroatoms. The Labute approximate surface area is 101 Å². The van der Waals surface area contributed by atoms with Crippen LogP contribution in [-0.4, -0.2) is 28.3 Å². The fourth-order valence-electron chi connectivity index (χ4n) is 1.42. The molecule has 0 saturated carbocycles. The average Bonchev–Trinajstić information content (AvgIpc) is 2.39. The Balaban J connectivity index is 2.90. The van der Waals surface area contributed by atoms with Gasteiger partial charge in [-0.2, -0.15) is 0 Å². The summed E-state index contributed by atoms with van der Waals surface area (Å²) in [5.74, 6) is 0. The van der Waals surface area contributed by atoms with Gasteiger partial charge < -0.3 is 10.2 Å². The van der Waals surface area contributed by atoms with E-state index in [1.165, 1.54) is 0 Å². The predicted molar refractivity (Wildman–Crippen MR) is 65.7 cm³/mol. The summed E-state index contributed by atoms with van der Waals surface area (Å²) in [5.41, 5.74) is 2.07. The zero-order chi connectivity index (χ0) is 12.7. The van der Waals surface area contributed by atoms with Crippen molar-refractivity contribution in [1.82, 2.24) is 5.01 Å². The lowest BCUT2D eigenvalue weighted by molar-refractivity contribution is 0.275. The molecule has 0 spiro atoms. The Hall–Kier alpha value is -1.46. The van der Waals surface area contributed by atoms with Crippen molar-refractivity contribution < 1.29 is 10.2 Å². The van der Waals surface area contributed by atoms with Crippen LogP contribution >= 0.6 is 0 Å². The highest BCUT2D eigenvalue weighted by Gasteiger charge is 2.02. The first-order valence-electron chi connectivity index (χ1n) is 5.75. The molecule has 0 saturated heterocycles. The van der Waals surface area contributed by atoms with Gasteiger partial charge in [0.2, 0.25) is 0 Å². The van der Waals surface area contributed by atoms with Gasteiger partial charge in [0.05, 0.1) is 18.9 Å². The van der Waals surface area contributed by atoms with Crippen LogP contribution in [0.15, 0.2) is 28.5 Å². The van der Waals surface area contributed by atoms with E-state index in [0.29, 0.717) is 11.3 Å². The third kappa shape index (κ3) is 3.80. The average molecular weight is 237 g/mol. The standard InChI is InChI=1S/C12H19N3O2/c1-3-15(4-2)14-13-12-6-5-10(8-16)7-11(12)9-17/h5-7,16-17H,3-4,8-9H2,1-2H3. The minimum Gasteiger partial charge on any atom is -0.392 e. The van der Waals surface area contributed by atoms with Crippen molar-refractivity contribution in [2.75, 3.05) is 13.1 Å². The van der Waals surface area contributed by atoms with Crippen LogP contribution in [0.5, 0.6) is 0 Å². The second-order valence-electron chi connectivity index (χ2n) is 3.61. The molecule has 1 aromatic carbocycles. The first kappa shape index (κ1) is 13.6. The Morgan fingerprint density at radius 2 is 1.82 bits per heavy atom. The first-order chi connectivity index (χ1) is 8.24. The van der Waals surface area contributed by atoms with Crippen molar-refractivity contribution >= 4 is 5.69 Å². The molecule has 0 amide bonds. The summed E-state index contributed by atoms with van der Waals surface area (Å²) in [6, 6.07) is 5.26. The summed E-state index contributed by atoms with van der Waals surface area (Å²) in [6.07, 6.45) is 0. The van der Waals surface area contributed by atoms with Crippen LogP contribution in [0.4, 0.5) is 5.69 Å². The third-order valence-corrected chi connectivity index (χ3v) is 2.51. The molecule has 1 rings (SSSR count). The van der Waals surface area contributed by atoms with E-state index in [2.05, 4.69) is 10.3 Å². The summed E-state index contributed by atoms with van der Waals surface area (Å²) in [6.45, 7) is 5.45. The zero-order valence-corrected chi connectivity index (χ0v) is 10.3. The van der Waals surface area contributed by atoms with Crippen LogP contribution in [0.25, 0.3) is 0 Å². The van der Waals surface area contributed by atoms with E-state index in [4.69, 9.17) is 5.11 Å². The molecule has 0 atom stereocenters. The Bertz CT molecular complexity index is 376. The highest BCUT2D eigenvalue weighted by atomic mass is 16.3. The van der Waals surface area contributed by atoms with E-state index in [1.807, 2.05) is 18.9 Å². The van der Waals surface area contributed by atoms with Crippen molar-refractivity contribution in [3.05, 3.63) is 29.3 Å². The van der Waals surface area contributed by atoms with Gasteiger partial charge in [-0.05, 0) is 31.5 Å². The monoisotopic (exact) mass is 237 g/mol. The van der Waals surface area contributed by atoms with E-state index in [1.54, 1.807) is 18.2 Å². The van der Waals surface area contributed by atoms with Crippen LogP contribution < -0.4 is 0 Å². The highest BCUT2D eigenvalue weighted by molar-refractivity contribution is 5.46. The number of hydrogen-bond acceptors (Lipinski definition) is 4. The van der Waals surface area contributed by atoms with Crippen molar-refractivity contribution in [2.24, 2.45) is 10.3 Å². The Morgan fingerprint density at radius 1 is 1.12 bits per heavy atom. The minimum atomic E-state index is -0.111. The molecule has 17 heavy (non-hydrogen) atoms. The molecule has 0 heterocycles. The van der Waals surface area contributed by atoms with E-state index >= 15 is 0 Å². The maximum absolute atomic E-state index is 9.22. The largest absolute Gasteiger partial charge is 0.392 e. The van der Waals surface area contributed by atoms with Gasteiger partial charge in [0.1, 0.15) is 0 Å². The summed E-state index contributed by atoms with van der Waals surface area (Å²) in [4.78, 5) is 0. The van der Waals surface area contributed by atoms with Crippen LogP contribution in [0.3, 0.4) is 0 Å². The van der Waals surface area contributed by atoms with Gasteiger partial charge in [0.25, 0.3) is 0 Å². The Kier molecular flexibility index (Phi) is 5.59. The van der Waals surface area contributed by atoms with Crippen LogP contribution in [0.2, 0.25) is 0 Å². The van der Waals surface area contributed by atoms with Gasteiger partial charge in [-0.1, -0.05) is 11.3 Å². The van der Waals surface area contributed by atoms with E-state index in [9.17, 15) is 5.11 Å². The van der Waals surface area contributed by atoms with Crippen molar-refractivity contribution in [1.29, 1.82) is 0 Å². The molecule has 0 aliphatic carbocycles. The van der Waals surface area contributed by atoms with Gasteiger partial charge in [-0.15, -0.1) is 5.11 Å². The number of rotatable bonds is 6. The maximum Gasteiger partial charge on any atom is 0.0929 e. The summed E-state index contributed by atoms with van der Waals surface area (Å²) in [5, 5.41) is 28.2. The molecule has 1 aromatic rings. The molecule has 94 valence electrons. The molecule has 0 bridgehead atoms. The van der Waals surface area contributed by atoms with Crippen molar-refractivity contribution in [3.8, 4) is 0 Å². The molecule has 0 aromatic heterocycles.